The second-order valence-corrected chi connectivity index (χ2v) is 7.22. The van der Waals surface area contributed by atoms with Crippen molar-refractivity contribution in [2.24, 2.45) is 0 Å². The van der Waals surface area contributed by atoms with Gasteiger partial charge in [0.05, 0.1) is 6.20 Å². The lowest BCUT2D eigenvalue weighted by molar-refractivity contribution is 0.469. The van der Waals surface area contributed by atoms with Gasteiger partial charge in [-0.1, -0.05) is 19.8 Å². The zero-order valence-corrected chi connectivity index (χ0v) is 17.4. The zero-order valence-electron chi connectivity index (χ0n) is 17.4. The summed E-state index contributed by atoms with van der Waals surface area (Å²) >= 11 is 0. The number of nitrogens with two attached hydrogens (primary N) is 1. The van der Waals surface area contributed by atoms with Crippen LogP contribution in [-0.4, -0.2) is 29.0 Å². The average molecular weight is 387 g/mol. The van der Waals surface area contributed by atoms with Crippen molar-refractivity contribution in [1.29, 1.82) is 0 Å². The Morgan fingerprint density at radius 1 is 1.00 bits per heavy atom. The Morgan fingerprint density at radius 2 is 1.72 bits per heavy atom. The molecule has 0 aliphatic carbocycles. The molecule has 6 heteroatoms. The van der Waals surface area contributed by atoms with Gasteiger partial charge in [-0.25, -0.2) is 15.0 Å². The molecule has 0 spiro atoms. The van der Waals surface area contributed by atoms with E-state index in [1.165, 1.54) is 0 Å². The second kappa shape index (κ2) is 8.61. The van der Waals surface area contributed by atoms with E-state index in [2.05, 4.69) is 40.6 Å². The number of benzene rings is 1. The summed E-state index contributed by atoms with van der Waals surface area (Å²) in [6.07, 6.45) is 3.38. The zero-order chi connectivity index (χ0) is 21.0. The van der Waals surface area contributed by atoms with Crippen LogP contribution in [-0.2, 0) is 0 Å². The summed E-state index contributed by atoms with van der Waals surface area (Å²) in [7, 11) is 4.02. The maximum Gasteiger partial charge on any atom is 0.187 e. The number of aryl methyl sites for hydroxylation is 1. The lowest BCUT2D eigenvalue weighted by atomic mass is 10.0. The van der Waals surface area contributed by atoms with Crippen molar-refractivity contribution in [1.82, 2.24) is 15.0 Å². The maximum absolute atomic E-state index is 6.03. The van der Waals surface area contributed by atoms with Gasteiger partial charge in [-0.15, -0.1) is 0 Å². The minimum atomic E-state index is 0.227. The first-order valence-electron chi connectivity index (χ1n) is 9.40. The highest BCUT2D eigenvalue weighted by Gasteiger charge is 2.13. The van der Waals surface area contributed by atoms with Crippen LogP contribution in [0.2, 0.25) is 0 Å². The number of rotatable bonds is 4. The molecule has 0 atom stereocenters. The van der Waals surface area contributed by atoms with Crippen LogP contribution in [0.25, 0.3) is 0 Å². The van der Waals surface area contributed by atoms with Gasteiger partial charge in [0.1, 0.15) is 17.3 Å². The van der Waals surface area contributed by atoms with Crippen LogP contribution in [0.15, 0.2) is 42.7 Å². The molecule has 3 rings (SSSR count). The Kier molecular flexibility index (Phi) is 5.99. The predicted octanol–water partition coefficient (Wildman–Crippen LogP) is 4.14. The fraction of sp³-hybridized carbons (Fsp3) is 0.261. The topological polar surface area (TPSA) is 77.2 Å². The molecule has 3 aromatic rings. The van der Waals surface area contributed by atoms with E-state index in [-0.39, 0.29) is 5.92 Å². The molecule has 0 unspecified atom stereocenters. The summed E-state index contributed by atoms with van der Waals surface area (Å²) in [6.45, 7) is 5.94. The van der Waals surface area contributed by atoms with E-state index in [9.17, 15) is 0 Å². The number of nitrogen functional groups attached to an aromatic ring is 1. The lowest BCUT2D eigenvalue weighted by Gasteiger charge is -2.14. The summed E-state index contributed by atoms with van der Waals surface area (Å²) in [6, 6.07) is 9.89. The van der Waals surface area contributed by atoms with Crippen LogP contribution in [0.3, 0.4) is 0 Å². The van der Waals surface area contributed by atoms with E-state index in [1.807, 2.05) is 49.3 Å². The van der Waals surface area contributed by atoms with Crippen molar-refractivity contribution in [3.8, 4) is 23.3 Å². The number of ether oxygens (including phenoxy) is 1. The maximum atomic E-state index is 6.03. The number of anilines is 2. The van der Waals surface area contributed by atoms with Gasteiger partial charge in [-0.3, -0.25) is 0 Å². The lowest BCUT2D eigenvalue weighted by Crippen LogP contribution is -2.07. The molecule has 1 aromatic carbocycles. The molecular formula is C23H25N5O. The highest BCUT2D eigenvalue weighted by Crippen LogP contribution is 2.32. The van der Waals surface area contributed by atoms with Crippen molar-refractivity contribution >= 4 is 11.5 Å². The molecule has 0 aliphatic heterocycles. The van der Waals surface area contributed by atoms with Crippen LogP contribution in [0.1, 0.15) is 42.4 Å². The van der Waals surface area contributed by atoms with Crippen molar-refractivity contribution in [3.05, 3.63) is 65.4 Å². The first-order chi connectivity index (χ1) is 13.8. The summed E-state index contributed by atoms with van der Waals surface area (Å²) in [4.78, 5) is 14.8. The third kappa shape index (κ3) is 5.02. The quantitative estimate of drug-likeness (QED) is 0.678. The monoisotopic (exact) mass is 387 g/mol. The number of hydrogen-bond acceptors (Lipinski definition) is 6. The molecule has 0 saturated heterocycles. The first-order valence-corrected chi connectivity index (χ1v) is 9.40. The average Bonchev–Trinajstić information content (AvgIpc) is 2.68. The molecule has 2 heterocycles. The predicted molar refractivity (Wildman–Crippen MR) is 116 cm³/mol. The molecule has 0 bridgehead atoms. The first kappa shape index (κ1) is 20.2. The van der Waals surface area contributed by atoms with Crippen LogP contribution >= 0.6 is 0 Å². The van der Waals surface area contributed by atoms with Crippen LogP contribution in [0.5, 0.6) is 11.5 Å². The fourth-order valence-corrected chi connectivity index (χ4v) is 2.69. The molecule has 2 N–H and O–H groups in total. The molecule has 0 aliphatic rings. The SMILES string of the molecule is Cc1ncc(Oc2cc(C#Cc3ccc(N(C)C)cc3)ncc2C(C)C)c(N)n1. The van der Waals surface area contributed by atoms with Gasteiger partial charge in [0, 0.05) is 43.2 Å². The molecule has 0 fully saturated rings. The standard InChI is InChI=1S/C23H25N5O/c1-15(2)20-13-26-18(9-6-17-7-10-19(11-8-17)28(4)5)12-21(20)29-22-14-25-16(3)27-23(22)24/h7-8,10-15H,1-5H3,(H2,24,25,27). The highest BCUT2D eigenvalue weighted by atomic mass is 16.5. The minimum Gasteiger partial charge on any atom is -0.451 e. The highest BCUT2D eigenvalue weighted by molar-refractivity contribution is 5.52. The number of hydrogen-bond donors (Lipinski definition) is 1. The third-order valence-corrected chi connectivity index (χ3v) is 4.36. The minimum absolute atomic E-state index is 0.227. The Hall–Kier alpha value is -3.59. The molecule has 148 valence electrons. The smallest absolute Gasteiger partial charge is 0.187 e. The number of aromatic nitrogens is 3. The molecule has 6 nitrogen and oxygen atoms in total. The van der Waals surface area contributed by atoms with E-state index < -0.39 is 0 Å². The molecule has 29 heavy (non-hydrogen) atoms. The second-order valence-electron chi connectivity index (χ2n) is 7.22. The fourth-order valence-electron chi connectivity index (χ4n) is 2.69. The molecule has 2 aromatic heterocycles. The van der Waals surface area contributed by atoms with Gasteiger partial charge in [-0.05, 0) is 43.0 Å². The number of pyridine rings is 1. The van der Waals surface area contributed by atoms with Gasteiger partial charge in [0.25, 0.3) is 0 Å². The Labute approximate surface area is 171 Å². The van der Waals surface area contributed by atoms with Gasteiger partial charge >= 0.3 is 0 Å². The van der Waals surface area contributed by atoms with E-state index in [0.29, 0.717) is 28.8 Å². The Morgan fingerprint density at radius 3 is 2.34 bits per heavy atom. The largest absolute Gasteiger partial charge is 0.451 e. The summed E-state index contributed by atoms with van der Waals surface area (Å²) in [5.74, 6) is 8.46. The molecular weight excluding hydrogens is 362 g/mol. The van der Waals surface area contributed by atoms with E-state index in [0.717, 1.165) is 16.8 Å². The summed E-state index contributed by atoms with van der Waals surface area (Å²) < 4.78 is 6.03. The van der Waals surface area contributed by atoms with Crippen LogP contribution in [0, 0.1) is 18.8 Å². The van der Waals surface area contributed by atoms with Gasteiger partial charge < -0.3 is 15.4 Å². The Bertz CT molecular complexity index is 1060. The van der Waals surface area contributed by atoms with Crippen LogP contribution < -0.4 is 15.4 Å². The van der Waals surface area contributed by atoms with Crippen molar-refractivity contribution < 1.29 is 4.74 Å². The van der Waals surface area contributed by atoms with Crippen molar-refractivity contribution in [2.75, 3.05) is 24.7 Å². The van der Waals surface area contributed by atoms with Gasteiger partial charge in [-0.2, -0.15) is 0 Å². The van der Waals surface area contributed by atoms with Crippen molar-refractivity contribution in [3.63, 3.8) is 0 Å². The molecule has 0 radical (unpaired) electrons. The van der Waals surface area contributed by atoms with E-state index in [1.54, 1.807) is 19.3 Å². The summed E-state index contributed by atoms with van der Waals surface area (Å²) in [5.41, 5.74) is 9.61. The van der Waals surface area contributed by atoms with E-state index in [4.69, 9.17) is 10.5 Å². The van der Waals surface area contributed by atoms with Crippen molar-refractivity contribution in [2.45, 2.75) is 26.7 Å². The summed E-state index contributed by atoms with van der Waals surface area (Å²) in [5, 5.41) is 0. The third-order valence-electron chi connectivity index (χ3n) is 4.36. The van der Waals surface area contributed by atoms with Gasteiger partial charge in [0.2, 0.25) is 0 Å². The number of nitrogens with zero attached hydrogens (tertiary/aromatic N) is 4. The normalized spacial score (nSPS) is 10.4. The Balaban J connectivity index is 1.91. The van der Waals surface area contributed by atoms with Crippen LogP contribution in [0.4, 0.5) is 11.5 Å². The molecule has 0 saturated carbocycles. The van der Waals surface area contributed by atoms with E-state index >= 15 is 0 Å². The van der Waals surface area contributed by atoms with Gasteiger partial charge in [0.15, 0.2) is 11.6 Å². The molecule has 0 amide bonds.